The van der Waals surface area contributed by atoms with Gasteiger partial charge in [-0.25, -0.2) is 9.59 Å². The molecule has 4 heterocycles. The van der Waals surface area contributed by atoms with E-state index >= 15 is 0 Å². The number of aliphatic hydroxyl groups excluding tert-OH is 11. The standard InChI is InChI=1S/C32H56B2INO23/c1-5-31(3,25-15(43)13(41)20(9(7-37)52-25)54-29-17(45)11(39)12(40)23(56-29)27(48)49)58-22-18(46)24(28(50)51)57-30(19(22)47)55-21-10(8-38)53-26(16(44)14(21)42)32(4,6-2)59-34-36-33-35/h9-26,29-30,33-34,36-47H,5-8H2,1-4H3,(H,48,49)(H,50,51). The Hall–Kier alpha value is -1.00. The first-order valence-corrected chi connectivity index (χ1v) is 20.5. The summed E-state index contributed by atoms with van der Waals surface area (Å²) < 4.78 is 45.8. The predicted octanol–water partition coefficient (Wildman–Crippen LogP) is -7.56. The fourth-order valence-corrected chi connectivity index (χ4v) is 7.81. The zero-order valence-electron chi connectivity index (χ0n) is 32.6. The Kier molecular flexibility index (Phi) is 18.1. The largest absolute Gasteiger partial charge is 0.479 e. The zero-order valence-corrected chi connectivity index (χ0v) is 34.7. The second-order valence-corrected chi connectivity index (χ2v) is 16.0. The Morgan fingerprint density at radius 1 is 0.610 bits per heavy atom. The number of halogens is 1. The quantitative estimate of drug-likeness (QED) is 0.0345. The van der Waals surface area contributed by atoms with Gasteiger partial charge in [-0.05, 0) is 26.7 Å². The van der Waals surface area contributed by atoms with Gasteiger partial charge in [0.15, 0.2) is 24.8 Å². The highest BCUT2D eigenvalue weighted by atomic mass is 127. The van der Waals surface area contributed by atoms with E-state index in [0.717, 1.165) is 0 Å². The molecule has 0 aromatic rings. The predicted molar refractivity (Wildman–Crippen MR) is 203 cm³/mol. The summed E-state index contributed by atoms with van der Waals surface area (Å²) in [5.41, 5.74) is -3.09. The molecule has 22 unspecified atom stereocenters. The molecule has 0 aromatic carbocycles. The summed E-state index contributed by atoms with van der Waals surface area (Å²) in [4.78, 5) is 23.9. The van der Waals surface area contributed by atoms with Crippen LogP contribution in [-0.2, 0) is 47.4 Å². The van der Waals surface area contributed by atoms with Gasteiger partial charge in [0.25, 0.3) is 5.27 Å². The molecule has 0 bridgehead atoms. The van der Waals surface area contributed by atoms with Crippen molar-refractivity contribution in [3.63, 3.8) is 0 Å². The maximum Gasteiger partial charge on any atom is 0.350 e. The molecule has 4 saturated heterocycles. The Labute approximate surface area is 352 Å². The summed E-state index contributed by atoms with van der Waals surface area (Å²) in [6.45, 7) is 4.41. The molecule has 4 aliphatic rings. The minimum atomic E-state index is -2.17. The smallest absolute Gasteiger partial charge is 0.350 e. The van der Waals surface area contributed by atoms with E-state index in [2.05, 4.69) is 27.5 Å². The van der Waals surface area contributed by atoms with E-state index in [1.54, 1.807) is 13.8 Å². The van der Waals surface area contributed by atoms with Crippen LogP contribution in [0.5, 0.6) is 0 Å². The number of carboxylic acid groups (broad SMARTS) is 2. The summed E-state index contributed by atoms with van der Waals surface area (Å²) in [7, 11) is 0.0565. The zero-order chi connectivity index (χ0) is 44.3. The summed E-state index contributed by atoms with van der Waals surface area (Å²) in [6.07, 6.45) is -37.7. The molecule has 0 aliphatic carbocycles. The maximum atomic E-state index is 12.3. The van der Waals surface area contributed by atoms with E-state index in [0.29, 0.717) is 5.27 Å². The molecule has 340 valence electrons. The van der Waals surface area contributed by atoms with E-state index in [4.69, 9.17) is 37.8 Å². The van der Waals surface area contributed by atoms with Crippen LogP contribution in [-0.4, -0.2) is 238 Å². The topological polar surface area (TPSA) is 383 Å². The normalized spacial score (nSPS) is 45.2. The van der Waals surface area contributed by atoms with E-state index in [9.17, 15) is 76.0 Å². The molecule has 4 rings (SSSR count). The van der Waals surface area contributed by atoms with Crippen molar-refractivity contribution in [2.24, 2.45) is 0 Å². The SMILES string of the molecule is CCC(C)(OBNBI)C1OC(CO)C(OC2OC(C(=O)O)C(O)C(OC(C)(CC)C3OC(CO)C(OC4OC(C(=O)O)C(O)C(O)C4O)C(O)C3O)C2O)C(O)C1O. The van der Waals surface area contributed by atoms with E-state index < -0.39 is 159 Å². The fourth-order valence-electron chi connectivity index (χ4n) is 7.59. The third-order valence-electron chi connectivity index (χ3n) is 11.5. The van der Waals surface area contributed by atoms with Crippen LogP contribution in [0.25, 0.3) is 0 Å². The van der Waals surface area contributed by atoms with Gasteiger partial charge in [-0.15, -0.1) is 22.4 Å². The van der Waals surface area contributed by atoms with Gasteiger partial charge in [0.05, 0.1) is 24.4 Å². The number of ether oxygens (including phenoxy) is 7. The van der Waals surface area contributed by atoms with Gasteiger partial charge in [0.2, 0.25) is 0 Å². The van der Waals surface area contributed by atoms with Crippen LogP contribution < -0.4 is 5.14 Å². The van der Waals surface area contributed by atoms with Crippen LogP contribution in [0, 0.1) is 0 Å². The van der Waals surface area contributed by atoms with Crippen LogP contribution in [0.2, 0.25) is 0 Å². The van der Waals surface area contributed by atoms with Gasteiger partial charge >= 0.3 is 19.6 Å². The third-order valence-corrected chi connectivity index (χ3v) is 12.1. The average molecular weight is 971 g/mol. The van der Waals surface area contributed by atoms with Crippen LogP contribution in [0.15, 0.2) is 0 Å². The first kappa shape index (κ1) is 50.6. The summed E-state index contributed by atoms with van der Waals surface area (Å²) in [6, 6.07) is 0. The van der Waals surface area contributed by atoms with Gasteiger partial charge in [-0.3, -0.25) is 0 Å². The lowest BCUT2D eigenvalue weighted by Gasteiger charge is -2.52. The lowest BCUT2D eigenvalue weighted by molar-refractivity contribution is -0.366. The van der Waals surface area contributed by atoms with Crippen LogP contribution in [0.3, 0.4) is 0 Å². The Balaban J connectivity index is 1.56. The molecule has 4 aliphatic heterocycles. The molecule has 0 saturated carbocycles. The summed E-state index contributed by atoms with van der Waals surface area (Å²) >= 11 is 2.06. The van der Waals surface area contributed by atoms with Gasteiger partial charge in [0, 0.05) is 0 Å². The lowest BCUT2D eigenvalue weighted by atomic mass is 9.83. The molecule has 0 spiro atoms. The van der Waals surface area contributed by atoms with Gasteiger partial charge in [-0.1, -0.05) is 13.8 Å². The number of rotatable bonds is 18. The van der Waals surface area contributed by atoms with Crippen molar-refractivity contribution < 1.29 is 114 Å². The number of carbonyl (C=O) groups is 2. The van der Waals surface area contributed by atoms with E-state index in [1.807, 2.05) is 0 Å². The molecule has 22 atom stereocenters. The number of aliphatic carboxylic acids is 2. The number of nitrogens with one attached hydrogen (secondary N) is 1. The maximum absolute atomic E-state index is 12.3. The highest BCUT2D eigenvalue weighted by Gasteiger charge is 2.59. The fraction of sp³-hybridized carbons (Fsp3) is 0.938. The molecule has 14 N–H and O–H groups in total. The van der Waals surface area contributed by atoms with Crippen LogP contribution in [0.4, 0.5) is 0 Å². The van der Waals surface area contributed by atoms with E-state index in [-0.39, 0.29) is 20.5 Å². The van der Waals surface area contributed by atoms with Gasteiger partial charge < -0.3 is 109 Å². The minimum Gasteiger partial charge on any atom is -0.479 e. The van der Waals surface area contributed by atoms with Crippen LogP contribution in [0.1, 0.15) is 40.5 Å². The first-order valence-electron chi connectivity index (χ1n) is 19.0. The third kappa shape index (κ3) is 10.5. The summed E-state index contributed by atoms with van der Waals surface area (Å²) in [5.74, 6) is -3.48. The molecule has 24 nitrogen and oxygen atoms in total. The molecule has 59 heavy (non-hydrogen) atoms. The second kappa shape index (κ2) is 21.1. The molecule has 0 radical (unpaired) electrons. The van der Waals surface area contributed by atoms with E-state index in [1.165, 1.54) is 13.8 Å². The van der Waals surface area contributed by atoms with Crippen LogP contribution >= 0.6 is 22.4 Å². The number of aliphatic hydroxyl groups is 11. The van der Waals surface area contributed by atoms with Gasteiger partial charge in [-0.2, -0.15) is 0 Å². The highest BCUT2D eigenvalue weighted by Crippen LogP contribution is 2.40. The molecule has 27 heteroatoms. The second-order valence-electron chi connectivity index (χ2n) is 15.3. The minimum absolute atomic E-state index is 0.0565. The van der Waals surface area contributed by atoms with Crippen molar-refractivity contribution in [1.82, 2.24) is 5.14 Å². The molecular formula is C32H56B2INO23. The van der Waals surface area contributed by atoms with Crippen molar-refractivity contribution in [3.8, 4) is 0 Å². The van der Waals surface area contributed by atoms with Crippen molar-refractivity contribution in [2.45, 2.75) is 174 Å². The van der Waals surface area contributed by atoms with Crippen molar-refractivity contribution in [3.05, 3.63) is 0 Å². The van der Waals surface area contributed by atoms with Crippen molar-refractivity contribution in [2.75, 3.05) is 13.2 Å². The number of carboxylic acids is 2. The Morgan fingerprint density at radius 3 is 1.47 bits per heavy atom. The Morgan fingerprint density at radius 2 is 1.05 bits per heavy atom. The number of hydrogen-bond acceptors (Lipinski definition) is 22. The van der Waals surface area contributed by atoms with Crippen molar-refractivity contribution in [1.29, 1.82) is 0 Å². The average Bonchev–Trinajstić information content (AvgIpc) is 3.20. The highest BCUT2D eigenvalue weighted by molar-refractivity contribution is 14.1. The van der Waals surface area contributed by atoms with Crippen molar-refractivity contribution >= 4 is 47.2 Å². The Bertz CT molecular complexity index is 1380. The summed E-state index contributed by atoms with van der Waals surface area (Å²) in [5, 5.41) is 142. The lowest BCUT2D eigenvalue weighted by Crippen LogP contribution is -2.70. The molecular weight excluding hydrogens is 915 g/mol. The molecule has 0 amide bonds. The number of hydrogen-bond donors (Lipinski definition) is 14. The molecule has 4 fully saturated rings. The molecule has 0 aromatic heterocycles. The monoisotopic (exact) mass is 971 g/mol. The van der Waals surface area contributed by atoms with Gasteiger partial charge in [0.1, 0.15) is 97.7 Å². The first-order chi connectivity index (χ1) is 27.7.